The number of hydrogen-bond acceptors (Lipinski definition) is 5. The number of benzene rings is 1. The van der Waals surface area contributed by atoms with Crippen LogP contribution in [-0.2, 0) is 25.7 Å². The molecule has 0 radical (unpaired) electrons. The Morgan fingerprint density at radius 2 is 1.88 bits per heavy atom. The molecule has 1 aromatic carbocycles. The molecule has 136 valence electrons. The van der Waals surface area contributed by atoms with Crippen molar-refractivity contribution >= 4 is 17.8 Å². The molecule has 1 fully saturated rings. The Hall–Kier alpha value is -2.37. The Morgan fingerprint density at radius 1 is 1.16 bits per heavy atom. The Labute approximate surface area is 148 Å². The zero-order chi connectivity index (χ0) is 18.2. The van der Waals surface area contributed by atoms with Crippen molar-refractivity contribution in [2.75, 3.05) is 7.11 Å². The molecule has 0 aliphatic carbocycles. The van der Waals surface area contributed by atoms with Crippen molar-refractivity contribution in [3.63, 3.8) is 0 Å². The van der Waals surface area contributed by atoms with Crippen LogP contribution in [-0.4, -0.2) is 41.9 Å². The first-order valence-corrected chi connectivity index (χ1v) is 8.59. The number of Topliss-reactive ketones (excluding diaryl/α,β-unsaturated/α-hetero) is 1. The van der Waals surface area contributed by atoms with Crippen molar-refractivity contribution in [3.8, 4) is 0 Å². The second kappa shape index (κ2) is 9.20. The highest BCUT2D eigenvalue weighted by molar-refractivity contribution is 5.82. The summed E-state index contributed by atoms with van der Waals surface area (Å²) in [6.07, 6.45) is 2.59. The van der Waals surface area contributed by atoms with E-state index >= 15 is 0 Å². The molecule has 0 saturated carbocycles. The van der Waals surface area contributed by atoms with Crippen molar-refractivity contribution < 1.29 is 23.9 Å². The number of carbonyl (C=O) groups excluding carboxylic acids is 3. The van der Waals surface area contributed by atoms with Crippen LogP contribution in [0.3, 0.4) is 0 Å². The van der Waals surface area contributed by atoms with E-state index in [9.17, 15) is 14.4 Å². The number of nitrogens with zero attached hydrogens (tertiary/aromatic N) is 1. The lowest BCUT2D eigenvalue weighted by molar-refractivity contribution is -0.145. The number of rotatable bonds is 7. The molecule has 1 saturated heterocycles. The summed E-state index contributed by atoms with van der Waals surface area (Å²) in [7, 11) is 1.32. The molecule has 0 bridgehead atoms. The minimum Gasteiger partial charge on any atom is -0.467 e. The van der Waals surface area contributed by atoms with Gasteiger partial charge in [-0.1, -0.05) is 30.3 Å². The lowest BCUT2D eigenvalue weighted by Crippen LogP contribution is -2.45. The quantitative estimate of drug-likeness (QED) is 0.709. The van der Waals surface area contributed by atoms with Crippen LogP contribution in [0.1, 0.15) is 44.6 Å². The zero-order valence-electron chi connectivity index (χ0n) is 14.8. The van der Waals surface area contributed by atoms with Gasteiger partial charge < -0.3 is 14.3 Å². The first-order valence-electron chi connectivity index (χ1n) is 8.59. The number of methoxy groups -OCH3 is 1. The maximum atomic E-state index is 12.6. The van der Waals surface area contributed by atoms with E-state index < -0.39 is 18.1 Å². The highest BCUT2D eigenvalue weighted by Crippen LogP contribution is 2.29. The van der Waals surface area contributed by atoms with E-state index in [1.54, 1.807) is 6.92 Å². The molecule has 0 aromatic heterocycles. The third-order valence-electron chi connectivity index (χ3n) is 4.46. The molecule has 6 nitrogen and oxygen atoms in total. The average Bonchev–Trinajstić information content (AvgIpc) is 3.03. The number of likely N-dealkylation sites (tertiary alicyclic amines) is 1. The molecule has 0 N–H and O–H groups in total. The molecule has 0 spiro atoms. The maximum absolute atomic E-state index is 12.6. The van der Waals surface area contributed by atoms with E-state index in [2.05, 4.69) is 0 Å². The maximum Gasteiger partial charge on any atom is 0.411 e. The first kappa shape index (κ1) is 19.0. The summed E-state index contributed by atoms with van der Waals surface area (Å²) >= 11 is 0. The van der Waals surface area contributed by atoms with Gasteiger partial charge >= 0.3 is 12.1 Å². The van der Waals surface area contributed by atoms with Crippen LogP contribution in [0.25, 0.3) is 0 Å². The van der Waals surface area contributed by atoms with Crippen LogP contribution in [0, 0.1) is 0 Å². The molecular formula is C19H25NO5. The van der Waals surface area contributed by atoms with Gasteiger partial charge in [0, 0.05) is 12.5 Å². The number of ketones is 1. The van der Waals surface area contributed by atoms with Crippen molar-refractivity contribution in [2.45, 2.75) is 57.7 Å². The van der Waals surface area contributed by atoms with Crippen molar-refractivity contribution in [1.82, 2.24) is 4.90 Å². The Balaban J connectivity index is 2.01. The number of esters is 1. The van der Waals surface area contributed by atoms with E-state index in [0.29, 0.717) is 32.1 Å². The SMILES string of the molecule is COC(=O)[C@@H]1CC[C@@H](CCCC(C)=O)N1C(=O)OCc1ccccc1. The fourth-order valence-electron chi connectivity index (χ4n) is 3.19. The van der Waals surface area contributed by atoms with Crippen molar-refractivity contribution in [1.29, 1.82) is 0 Å². The molecule has 25 heavy (non-hydrogen) atoms. The summed E-state index contributed by atoms with van der Waals surface area (Å²) in [4.78, 5) is 37.2. The second-order valence-corrected chi connectivity index (χ2v) is 6.31. The molecule has 6 heteroatoms. The molecule has 1 amide bonds. The molecule has 1 aliphatic rings. The van der Waals surface area contributed by atoms with E-state index in [-0.39, 0.29) is 18.4 Å². The lowest BCUT2D eigenvalue weighted by atomic mass is 10.1. The minimum atomic E-state index is -0.615. The van der Waals surface area contributed by atoms with Gasteiger partial charge in [0.15, 0.2) is 0 Å². The van der Waals surface area contributed by atoms with E-state index in [1.165, 1.54) is 12.0 Å². The topological polar surface area (TPSA) is 72.9 Å². The number of carbonyl (C=O) groups is 3. The highest BCUT2D eigenvalue weighted by Gasteiger charge is 2.42. The van der Waals surface area contributed by atoms with Gasteiger partial charge in [0.2, 0.25) is 0 Å². The molecule has 1 aromatic rings. The van der Waals surface area contributed by atoms with Crippen LogP contribution in [0.2, 0.25) is 0 Å². The van der Waals surface area contributed by atoms with Gasteiger partial charge in [-0.05, 0) is 38.2 Å². The predicted molar refractivity (Wildman–Crippen MR) is 91.8 cm³/mol. The summed E-state index contributed by atoms with van der Waals surface area (Å²) in [5, 5.41) is 0. The standard InChI is InChI=1S/C19H25NO5/c1-14(21)7-6-10-16-11-12-17(18(22)24-2)20(16)19(23)25-13-15-8-4-3-5-9-15/h3-5,8-9,16-17H,6-7,10-13H2,1-2H3/t16-,17+/m1/s1. The predicted octanol–water partition coefficient (Wildman–Crippen LogP) is 3.09. The van der Waals surface area contributed by atoms with Crippen LogP contribution in [0.4, 0.5) is 4.79 Å². The summed E-state index contributed by atoms with van der Waals surface area (Å²) in [5.41, 5.74) is 0.887. The fraction of sp³-hybridized carbons (Fsp3) is 0.526. The van der Waals surface area contributed by atoms with Crippen molar-refractivity contribution in [3.05, 3.63) is 35.9 Å². The van der Waals surface area contributed by atoms with Gasteiger partial charge in [-0.2, -0.15) is 0 Å². The highest BCUT2D eigenvalue weighted by atomic mass is 16.6. The largest absolute Gasteiger partial charge is 0.467 e. The molecule has 1 aliphatic heterocycles. The molecule has 2 atom stereocenters. The molecule has 1 heterocycles. The molecular weight excluding hydrogens is 322 g/mol. The number of hydrogen-bond donors (Lipinski definition) is 0. The first-order chi connectivity index (χ1) is 12.0. The Morgan fingerprint density at radius 3 is 2.52 bits per heavy atom. The Kier molecular flexibility index (Phi) is 6.98. The number of ether oxygens (including phenoxy) is 2. The summed E-state index contributed by atoms with van der Waals surface area (Å²) in [6.45, 7) is 1.71. The average molecular weight is 347 g/mol. The third kappa shape index (κ3) is 5.31. The summed E-state index contributed by atoms with van der Waals surface area (Å²) in [6, 6.07) is 8.67. The van der Waals surface area contributed by atoms with Crippen LogP contribution >= 0.6 is 0 Å². The normalized spacial score (nSPS) is 19.5. The van der Waals surface area contributed by atoms with Gasteiger partial charge in [0.05, 0.1) is 7.11 Å². The van der Waals surface area contributed by atoms with Gasteiger partial charge in [-0.25, -0.2) is 9.59 Å². The second-order valence-electron chi connectivity index (χ2n) is 6.31. The fourth-order valence-corrected chi connectivity index (χ4v) is 3.19. The van der Waals surface area contributed by atoms with Gasteiger partial charge in [0.1, 0.15) is 18.4 Å². The lowest BCUT2D eigenvalue weighted by Gasteiger charge is -2.28. The monoisotopic (exact) mass is 347 g/mol. The van der Waals surface area contributed by atoms with E-state index in [4.69, 9.17) is 9.47 Å². The molecule has 2 rings (SSSR count). The van der Waals surface area contributed by atoms with Gasteiger partial charge in [-0.3, -0.25) is 4.90 Å². The van der Waals surface area contributed by atoms with Crippen molar-refractivity contribution in [2.24, 2.45) is 0 Å². The molecule has 0 unspecified atom stereocenters. The minimum absolute atomic E-state index is 0.105. The van der Waals surface area contributed by atoms with Crippen LogP contribution in [0.15, 0.2) is 30.3 Å². The van der Waals surface area contributed by atoms with Crippen LogP contribution < -0.4 is 0 Å². The van der Waals surface area contributed by atoms with Crippen LogP contribution in [0.5, 0.6) is 0 Å². The third-order valence-corrected chi connectivity index (χ3v) is 4.46. The summed E-state index contributed by atoms with van der Waals surface area (Å²) in [5.74, 6) is -0.300. The number of amides is 1. The Bertz CT molecular complexity index is 601. The van der Waals surface area contributed by atoms with Gasteiger partial charge in [0.25, 0.3) is 0 Å². The smallest absolute Gasteiger partial charge is 0.411 e. The van der Waals surface area contributed by atoms with E-state index in [1.807, 2.05) is 30.3 Å². The van der Waals surface area contributed by atoms with Gasteiger partial charge in [-0.15, -0.1) is 0 Å². The summed E-state index contributed by atoms with van der Waals surface area (Å²) < 4.78 is 10.2. The zero-order valence-corrected chi connectivity index (χ0v) is 14.8. The van der Waals surface area contributed by atoms with E-state index in [0.717, 1.165) is 5.56 Å².